The maximum Gasteiger partial charge on any atom is 0.143 e. The number of fused-ring (bicyclic) bond motifs is 11. The van der Waals surface area contributed by atoms with Crippen molar-refractivity contribution in [1.29, 1.82) is 0 Å². The molecule has 2 aliphatic rings. The monoisotopic (exact) mass is 722 g/mol. The molecule has 0 amide bonds. The molecule has 3 heterocycles. The number of hydrogen-bond acceptors (Lipinski definition) is 3. The molecule has 3 nitrogen and oxygen atoms in total. The summed E-state index contributed by atoms with van der Waals surface area (Å²) in [6.07, 6.45) is 8.08. The number of allylic oxidation sites excluding steroid dienone is 4. The second-order valence-corrected chi connectivity index (χ2v) is 15.9. The molecule has 4 heteroatoms. The molecule has 0 saturated heterocycles. The van der Waals surface area contributed by atoms with Gasteiger partial charge in [-0.05, 0) is 81.1 Å². The van der Waals surface area contributed by atoms with Crippen molar-refractivity contribution in [2.75, 3.05) is 5.32 Å². The summed E-state index contributed by atoms with van der Waals surface area (Å²) in [4.78, 5) is 1.24. The van der Waals surface area contributed by atoms with Gasteiger partial charge in [-0.15, -0.1) is 0 Å². The third-order valence-corrected chi connectivity index (χ3v) is 13.0. The molecular weight excluding hydrogens is 689 g/mol. The van der Waals surface area contributed by atoms with E-state index in [-0.39, 0.29) is 5.37 Å². The Labute approximate surface area is 322 Å². The minimum absolute atomic E-state index is 0.0362. The van der Waals surface area contributed by atoms with Crippen molar-refractivity contribution >= 4 is 88.4 Å². The lowest BCUT2D eigenvalue weighted by molar-refractivity contribution is 0.669. The average molecular weight is 723 g/mol. The second kappa shape index (κ2) is 12.0. The second-order valence-electron chi connectivity index (χ2n) is 14.8. The Kier molecular flexibility index (Phi) is 6.75. The van der Waals surface area contributed by atoms with Crippen molar-refractivity contribution in [2.24, 2.45) is 0 Å². The Bertz CT molecular complexity index is 3260. The van der Waals surface area contributed by atoms with Crippen molar-refractivity contribution in [3.05, 3.63) is 187 Å². The van der Waals surface area contributed by atoms with E-state index >= 15 is 0 Å². The lowest BCUT2D eigenvalue weighted by atomic mass is 9.91. The van der Waals surface area contributed by atoms with Crippen LogP contribution in [0.15, 0.2) is 185 Å². The highest BCUT2D eigenvalue weighted by atomic mass is 32.2. The molecule has 0 radical (unpaired) electrons. The first-order chi connectivity index (χ1) is 27.3. The van der Waals surface area contributed by atoms with Gasteiger partial charge in [0.2, 0.25) is 0 Å². The van der Waals surface area contributed by atoms with Crippen LogP contribution in [0.2, 0.25) is 0 Å². The normalized spacial score (nSPS) is 16.8. The van der Waals surface area contributed by atoms with Crippen molar-refractivity contribution in [2.45, 2.75) is 22.6 Å². The molecule has 55 heavy (non-hydrogen) atoms. The van der Waals surface area contributed by atoms with E-state index in [1.165, 1.54) is 76.0 Å². The molecule has 8 aromatic carbocycles. The first-order valence-electron chi connectivity index (χ1n) is 19.1. The molecule has 1 aliphatic carbocycles. The molecule has 1 aliphatic heterocycles. The number of para-hydroxylation sites is 2. The van der Waals surface area contributed by atoms with Gasteiger partial charge in [-0.25, -0.2) is 0 Å². The Hall–Kier alpha value is -6.49. The molecule has 10 aromatic rings. The van der Waals surface area contributed by atoms with Gasteiger partial charge in [0.15, 0.2) is 0 Å². The number of rotatable bonds is 4. The van der Waals surface area contributed by atoms with E-state index < -0.39 is 0 Å². The highest BCUT2D eigenvalue weighted by Crippen LogP contribution is 2.54. The fourth-order valence-corrected chi connectivity index (χ4v) is 10.6. The summed E-state index contributed by atoms with van der Waals surface area (Å²) in [5.74, 6) is 0.342. The number of nitrogens with one attached hydrogen (secondary N) is 1. The van der Waals surface area contributed by atoms with Crippen LogP contribution in [-0.4, -0.2) is 4.57 Å². The molecule has 2 aromatic heterocycles. The molecule has 0 fully saturated rings. The van der Waals surface area contributed by atoms with Crippen LogP contribution in [0.1, 0.15) is 28.8 Å². The number of benzene rings is 8. The summed E-state index contributed by atoms with van der Waals surface area (Å²) in [6, 6.07) is 57.3. The molecule has 0 bridgehead atoms. The van der Waals surface area contributed by atoms with Crippen LogP contribution in [0.3, 0.4) is 0 Å². The summed E-state index contributed by atoms with van der Waals surface area (Å²) < 4.78 is 9.31. The van der Waals surface area contributed by atoms with Gasteiger partial charge in [0.05, 0.1) is 11.0 Å². The van der Waals surface area contributed by atoms with E-state index in [2.05, 4.69) is 186 Å². The van der Waals surface area contributed by atoms with Crippen LogP contribution in [0.5, 0.6) is 0 Å². The van der Waals surface area contributed by atoms with Crippen molar-refractivity contribution in [1.82, 2.24) is 4.57 Å². The number of anilines is 1. The summed E-state index contributed by atoms with van der Waals surface area (Å²) in [5, 5.41) is 13.9. The number of thioether (sulfide) groups is 1. The molecule has 1 N–H and O–H groups in total. The predicted octanol–water partition coefficient (Wildman–Crippen LogP) is 14.5. The number of nitrogens with zero attached hydrogens (tertiary/aromatic N) is 1. The van der Waals surface area contributed by atoms with Gasteiger partial charge in [-0.1, -0.05) is 151 Å². The van der Waals surface area contributed by atoms with Crippen LogP contribution in [-0.2, 0) is 0 Å². The van der Waals surface area contributed by atoms with Crippen LogP contribution in [0, 0.1) is 0 Å². The summed E-state index contributed by atoms with van der Waals surface area (Å²) in [5.41, 5.74) is 11.6. The third kappa shape index (κ3) is 4.65. The molecular formula is C51H34N2OS. The molecule has 2 atom stereocenters. The van der Waals surface area contributed by atoms with Gasteiger partial charge in [0.25, 0.3) is 0 Å². The SMILES string of the molecule is C1=CC(n2c3ccccc3c3c(C4Nc5ccc6oc7c(-c8cc9ccccc9c9ccccc89)cccc7c6c5S4)cccc32)=CC(c2ccccc2)C1. The Morgan fingerprint density at radius 2 is 1.35 bits per heavy atom. The summed E-state index contributed by atoms with van der Waals surface area (Å²) >= 11 is 1.90. The Morgan fingerprint density at radius 3 is 2.25 bits per heavy atom. The van der Waals surface area contributed by atoms with Crippen LogP contribution in [0.4, 0.5) is 5.69 Å². The lowest BCUT2D eigenvalue weighted by Gasteiger charge is -2.19. The maximum atomic E-state index is 6.85. The zero-order valence-corrected chi connectivity index (χ0v) is 30.7. The van der Waals surface area contributed by atoms with Crippen LogP contribution >= 0.6 is 11.8 Å². The first kappa shape index (κ1) is 30.9. The quantitative estimate of drug-likeness (QED) is 0.183. The number of aromatic nitrogens is 1. The van der Waals surface area contributed by atoms with Gasteiger partial charge < -0.3 is 14.3 Å². The zero-order chi connectivity index (χ0) is 36.0. The molecule has 12 rings (SSSR count). The van der Waals surface area contributed by atoms with Crippen molar-refractivity contribution < 1.29 is 4.42 Å². The van der Waals surface area contributed by atoms with Crippen LogP contribution in [0.25, 0.3) is 82.1 Å². The minimum atomic E-state index is 0.0362. The van der Waals surface area contributed by atoms with E-state index in [1.54, 1.807) is 0 Å². The summed E-state index contributed by atoms with van der Waals surface area (Å²) in [6.45, 7) is 0. The van der Waals surface area contributed by atoms with Crippen LogP contribution < -0.4 is 5.32 Å². The van der Waals surface area contributed by atoms with E-state index in [1.807, 2.05) is 11.8 Å². The fourth-order valence-electron chi connectivity index (χ4n) is 9.30. The molecule has 260 valence electrons. The van der Waals surface area contributed by atoms with E-state index in [9.17, 15) is 0 Å². The van der Waals surface area contributed by atoms with Gasteiger partial charge >= 0.3 is 0 Å². The third-order valence-electron chi connectivity index (χ3n) is 11.7. The summed E-state index contributed by atoms with van der Waals surface area (Å²) in [7, 11) is 0. The standard InChI is InChI=1S/C51H34N2OS/c1-2-13-31(14-3-1)32-16-10-17-34(29-32)53-44-25-9-8-21-39(44)47-41(24-12-26-45(47)53)51-52-43-27-28-46-48(50(43)55-51)40-23-11-22-38(49(40)54-46)42-30-33-15-4-5-18-35(33)36-19-6-7-20-37(36)42/h1-15,17-30,32,51-52H,16H2. The molecule has 0 saturated carbocycles. The largest absolute Gasteiger partial charge is 0.455 e. The van der Waals surface area contributed by atoms with Crippen molar-refractivity contribution in [3.8, 4) is 11.1 Å². The highest BCUT2D eigenvalue weighted by molar-refractivity contribution is 8.00. The smallest absolute Gasteiger partial charge is 0.143 e. The topological polar surface area (TPSA) is 30.1 Å². The zero-order valence-electron chi connectivity index (χ0n) is 29.9. The molecule has 2 unspecified atom stereocenters. The minimum Gasteiger partial charge on any atom is -0.455 e. The van der Waals surface area contributed by atoms with Gasteiger partial charge in [0.1, 0.15) is 16.5 Å². The van der Waals surface area contributed by atoms with Gasteiger partial charge in [-0.2, -0.15) is 0 Å². The highest BCUT2D eigenvalue weighted by Gasteiger charge is 2.30. The average Bonchev–Trinajstić information content (AvgIpc) is 3.96. The number of furan rings is 1. The van der Waals surface area contributed by atoms with E-state index in [4.69, 9.17) is 4.42 Å². The van der Waals surface area contributed by atoms with E-state index in [0.717, 1.165) is 34.2 Å². The van der Waals surface area contributed by atoms with Crippen molar-refractivity contribution in [3.63, 3.8) is 0 Å². The maximum absolute atomic E-state index is 6.85. The molecule has 0 spiro atoms. The first-order valence-corrected chi connectivity index (χ1v) is 19.9. The predicted molar refractivity (Wildman–Crippen MR) is 233 cm³/mol. The number of hydrogen-bond donors (Lipinski definition) is 1. The van der Waals surface area contributed by atoms with Gasteiger partial charge in [-0.3, -0.25) is 0 Å². The Balaban J connectivity index is 0.995. The Morgan fingerprint density at radius 1 is 0.600 bits per heavy atom. The van der Waals surface area contributed by atoms with Gasteiger partial charge in [0, 0.05) is 49.3 Å². The van der Waals surface area contributed by atoms with E-state index in [0.29, 0.717) is 5.92 Å². The fraction of sp³-hybridized carbons (Fsp3) is 0.0588. The lowest BCUT2D eigenvalue weighted by Crippen LogP contribution is -2.04.